The van der Waals surface area contributed by atoms with Gasteiger partial charge >= 0.3 is 0 Å². The molecule has 0 spiro atoms. The SMILES string of the molecule is O=C(NC1CCN(S(=O)(=O)C2CC2)CC1)[C@@H]1C[C@H]1c1ccco1. The van der Waals surface area contributed by atoms with Gasteiger partial charge in [0, 0.05) is 31.0 Å². The highest BCUT2D eigenvalue weighted by Crippen LogP contribution is 2.47. The monoisotopic (exact) mass is 338 g/mol. The zero-order chi connectivity index (χ0) is 16.0. The molecule has 7 heteroatoms. The van der Waals surface area contributed by atoms with Crippen LogP contribution in [0.5, 0.6) is 0 Å². The Morgan fingerprint density at radius 1 is 1.22 bits per heavy atom. The molecule has 0 bridgehead atoms. The molecule has 3 fully saturated rings. The predicted molar refractivity (Wildman–Crippen MR) is 84.2 cm³/mol. The number of rotatable bonds is 5. The number of nitrogens with zero attached hydrogens (tertiary/aromatic N) is 1. The molecule has 23 heavy (non-hydrogen) atoms. The van der Waals surface area contributed by atoms with Crippen molar-refractivity contribution >= 4 is 15.9 Å². The Balaban J connectivity index is 1.26. The molecule has 2 atom stereocenters. The third kappa shape index (κ3) is 3.04. The molecule has 1 aliphatic heterocycles. The number of amides is 1. The van der Waals surface area contributed by atoms with Crippen LogP contribution >= 0.6 is 0 Å². The van der Waals surface area contributed by atoms with Crippen molar-refractivity contribution in [2.45, 2.75) is 49.3 Å². The average Bonchev–Trinajstić information content (AvgIpc) is 3.46. The number of sulfonamides is 1. The summed E-state index contributed by atoms with van der Waals surface area (Å²) < 4.78 is 31.4. The van der Waals surface area contributed by atoms with E-state index >= 15 is 0 Å². The Hall–Kier alpha value is -1.34. The van der Waals surface area contributed by atoms with Crippen LogP contribution in [0.4, 0.5) is 0 Å². The topological polar surface area (TPSA) is 79.6 Å². The van der Waals surface area contributed by atoms with Gasteiger partial charge in [0.15, 0.2) is 0 Å². The fraction of sp³-hybridized carbons (Fsp3) is 0.688. The summed E-state index contributed by atoms with van der Waals surface area (Å²) in [4.78, 5) is 12.3. The number of hydrogen-bond donors (Lipinski definition) is 1. The fourth-order valence-electron chi connectivity index (χ4n) is 3.44. The lowest BCUT2D eigenvalue weighted by molar-refractivity contribution is -0.123. The summed E-state index contributed by atoms with van der Waals surface area (Å²) in [6, 6.07) is 3.85. The molecule has 0 radical (unpaired) electrons. The van der Waals surface area contributed by atoms with Gasteiger partial charge in [-0.1, -0.05) is 0 Å². The molecule has 3 aliphatic rings. The molecule has 1 saturated heterocycles. The standard InChI is InChI=1S/C16H22N2O4S/c19-16(14-10-13(14)15-2-1-9-22-15)17-11-5-7-18(8-6-11)23(20,21)12-3-4-12/h1-2,9,11-14H,3-8,10H2,(H,17,19)/t13-,14-/m1/s1. The zero-order valence-corrected chi connectivity index (χ0v) is 13.8. The van der Waals surface area contributed by atoms with Crippen molar-refractivity contribution in [3.05, 3.63) is 24.2 Å². The van der Waals surface area contributed by atoms with Gasteiger partial charge in [0.2, 0.25) is 15.9 Å². The molecule has 2 saturated carbocycles. The molecule has 0 unspecified atom stereocenters. The first-order valence-corrected chi connectivity index (χ1v) is 9.89. The van der Waals surface area contributed by atoms with Crippen molar-refractivity contribution in [3.63, 3.8) is 0 Å². The van der Waals surface area contributed by atoms with E-state index < -0.39 is 10.0 Å². The van der Waals surface area contributed by atoms with Crippen LogP contribution in [-0.2, 0) is 14.8 Å². The van der Waals surface area contributed by atoms with E-state index in [2.05, 4.69) is 5.32 Å². The van der Waals surface area contributed by atoms with Crippen LogP contribution in [-0.4, -0.2) is 43.0 Å². The van der Waals surface area contributed by atoms with Gasteiger partial charge in [-0.05, 0) is 44.2 Å². The van der Waals surface area contributed by atoms with Crippen LogP contribution in [0.3, 0.4) is 0 Å². The van der Waals surface area contributed by atoms with Gasteiger partial charge in [0.05, 0.1) is 11.5 Å². The van der Waals surface area contributed by atoms with Crippen LogP contribution in [0.25, 0.3) is 0 Å². The molecule has 126 valence electrons. The Kier molecular flexibility index (Phi) is 3.72. The van der Waals surface area contributed by atoms with E-state index in [1.807, 2.05) is 12.1 Å². The molecular weight excluding hydrogens is 316 g/mol. The van der Waals surface area contributed by atoms with Crippen LogP contribution < -0.4 is 5.32 Å². The summed E-state index contributed by atoms with van der Waals surface area (Å²) in [5.41, 5.74) is 0. The maximum atomic E-state index is 12.3. The molecule has 4 rings (SSSR count). The van der Waals surface area contributed by atoms with Crippen molar-refractivity contribution < 1.29 is 17.6 Å². The van der Waals surface area contributed by atoms with Gasteiger partial charge < -0.3 is 9.73 Å². The fourth-order valence-corrected chi connectivity index (χ4v) is 5.31. The summed E-state index contributed by atoms with van der Waals surface area (Å²) in [5, 5.41) is 2.94. The third-order valence-electron chi connectivity index (χ3n) is 5.14. The summed E-state index contributed by atoms with van der Waals surface area (Å²) in [6.07, 6.45) is 5.49. The van der Waals surface area contributed by atoms with E-state index in [9.17, 15) is 13.2 Å². The second-order valence-corrected chi connectivity index (χ2v) is 9.10. The minimum absolute atomic E-state index is 0.00868. The first-order chi connectivity index (χ1) is 11.1. The molecular formula is C16H22N2O4S. The lowest BCUT2D eigenvalue weighted by atomic mass is 10.1. The van der Waals surface area contributed by atoms with Gasteiger partial charge in [-0.25, -0.2) is 12.7 Å². The highest BCUT2D eigenvalue weighted by Gasteiger charge is 2.46. The van der Waals surface area contributed by atoms with E-state index in [0.29, 0.717) is 25.9 Å². The second kappa shape index (κ2) is 5.63. The minimum Gasteiger partial charge on any atom is -0.469 e. The maximum absolute atomic E-state index is 12.3. The van der Waals surface area contributed by atoms with Crippen LogP contribution in [0.15, 0.2) is 22.8 Å². The molecule has 2 aliphatic carbocycles. The van der Waals surface area contributed by atoms with Gasteiger partial charge in [0.25, 0.3) is 0 Å². The van der Waals surface area contributed by atoms with Crippen LogP contribution in [0.1, 0.15) is 43.8 Å². The highest BCUT2D eigenvalue weighted by molar-refractivity contribution is 7.90. The van der Waals surface area contributed by atoms with E-state index in [0.717, 1.165) is 25.0 Å². The number of furan rings is 1. The summed E-state index contributed by atoms with van der Waals surface area (Å²) in [6.45, 7) is 1.05. The lowest BCUT2D eigenvalue weighted by Crippen LogP contribution is -2.47. The largest absolute Gasteiger partial charge is 0.469 e. The van der Waals surface area contributed by atoms with Gasteiger partial charge in [-0.2, -0.15) is 0 Å². The Bertz CT molecular complexity index is 673. The molecule has 0 aromatic carbocycles. The normalized spacial score (nSPS) is 29.4. The van der Waals surface area contributed by atoms with Crippen molar-refractivity contribution in [2.75, 3.05) is 13.1 Å². The van der Waals surface area contributed by atoms with Gasteiger partial charge in [-0.15, -0.1) is 0 Å². The van der Waals surface area contributed by atoms with Crippen molar-refractivity contribution in [2.24, 2.45) is 5.92 Å². The molecule has 2 heterocycles. The molecule has 1 aromatic rings. The Morgan fingerprint density at radius 2 is 1.96 bits per heavy atom. The first kappa shape index (κ1) is 15.2. The zero-order valence-electron chi connectivity index (χ0n) is 13.0. The summed E-state index contributed by atoms with van der Waals surface area (Å²) in [5.74, 6) is 1.18. The third-order valence-corrected chi connectivity index (χ3v) is 7.54. The Morgan fingerprint density at radius 3 is 2.57 bits per heavy atom. The highest BCUT2D eigenvalue weighted by atomic mass is 32.2. The van der Waals surface area contributed by atoms with E-state index in [1.54, 1.807) is 10.6 Å². The predicted octanol–water partition coefficient (Wildman–Crippen LogP) is 1.46. The van der Waals surface area contributed by atoms with Crippen LogP contribution in [0.2, 0.25) is 0 Å². The number of piperidine rings is 1. The summed E-state index contributed by atoms with van der Waals surface area (Å²) in [7, 11) is -3.07. The summed E-state index contributed by atoms with van der Waals surface area (Å²) >= 11 is 0. The average molecular weight is 338 g/mol. The maximum Gasteiger partial charge on any atom is 0.224 e. The number of carbonyl (C=O) groups is 1. The smallest absolute Gasteiger partial charge is 0.224 e. The van der Waals surface area contributed by atoms with E-state index in [1.165, 1.54) is 0 Å². The van der Waals surface area contributed by atoms with E-state index in [4.69, 9.17) is 4.42 Å². The van der Waals surface area contributed by atoms with Crippen molar-refractivity contribution in [1.82, 2.24) is 9.62 Å². The quantitative estimate of drug-likeness (QED) is 0.881. The Labute approximate surface area is 136 Å². The van der Waals surface area contributed by atoms with E-state index in [-0.39, 0.29) is 29.0 Å². The molecule has 1 amide bonds. The van der Waals surface area contributed by atoms with Crippen molar-refractivity contribution in [1.29, 1.82) is 0 Å². The first-order valence-electron chi connectivity index (χ1n) is 8.38. The second-order valence-electron chi connectivity index (χ2n) is 6.89. The van der Waals surface area contributed by atoms with Gasteiger partial charge in [0.1, 0.15) is 5.76 Å². The minimum atomic E-state index is -3.07. The number of carbonyl (C=O) groups excluding carboxylic acids is 1. The number of nitrogens with one attached hydrogen (secondary N) is 1. The van der Waals surface area contributed by atoms with Crippen LogP contribution in [0, 0.1) is 5.92 Å². The molecule has 1 N–H and O–H groups in total. The molecule has 6 nitrogen and oxygen atoms in total. The lowest BCUT2D eigenvalue weighted by Gasteiger charge is -2.31. The number of hydrogen-bond acceptors (Lipinski definition) is 4. The van der Waals surface area contributed by atoms with Gasteiger partial charge in [-0.3, -0.25) is 4.79 Å². The molecule has 1 aromatic heterocycles. The van der Waals surface area contributed by atoms with Crippen molar-refractivity contribution in [3.8, 4) is 0 Å².